The topological polar surface area (TPSA) is 18.5 Å². The first-order chi connectivity index (χ1) is 8.24. The second kappa shape index (κ2) is 6.72. The van der Waals surface area contributed by atoms with Crippen molar-refractivity contribution in [1.82, 2.24) is 15.1 Å². The number of likely N-dealkylation sites (tertiary alicyclic amines) is 1. The Morgan fingerprint density at radius 3 is 2.59 bits per heavy atom. The molecule has 1 N–H and O–H groups in total. The maximum atomic E-state index is 3.43. The van der Waals surface area contributed by atoms with Crippen LogP contribution in [0.3, 0.4) is 0 Å². The summed E-state index contributed by atoms with van der Waals surface area (Å²) < 4.78 is 0. The molecule has 17 heavy (non-hydrogen) atoms. The zero-order valence-electron chi connectivity index (χ0n) is 11.6. The minimum absolute atomic E-state index is 0.849. The molecule has 2 rings (SSSR count). The average molecular weight is 239 g/mol. The molecule has 2 aliphatic rings. The molecule has 0 aliphatic carbocycles. The van der Waals surface area contributed by atoms with Crippen molar-refractivity contribution in [2.75, 3.05) is 52.4 Å². The first kappa shape index (κ1) is 13.3. The van der Waals surface area contributed by atoms with Crippen LogP contribution in [0.2, 0.25) is 0 Å². The Morgan fingerprint density at radius 1 is 1.12 bits per heavy atom. The van der Waals surface area contributed by atoms with Crippen molar-refractivity contribution in [2.24, 2.45) is 11.8 Å². The molecule has 0 spiro atoms. The highest BCUT2D eigenvalue weighted by Crippen LogP contribution is 2.18. The second-order valence-corrected chi connectivity index (χ2v) is 6.19. The lowest BCUT2D eigenvalue weighted by Crippen LogP contribution is -2.45. The van der Waals surface area contributed by atoms with E-state index in [1.807, 2.05) is 0 Å². The van der Waals surface area contributed by atoms with E-state index in [-0.39, 0.29) is 0 Å². The zero-order chi connectivity index (χ0) is 12.1. The lowest BCUT2D eigenvalue weighted by Gasteiger charge is -2.29. The molecule has 0 saturated carbocycles. The van der Waals surface area contributed by atoms with Crippen LogP contribution < -0.4 is 5.32 Å². The molecule has 0 aromatic carbocycles. The fourth-order valence-corrected chi connectivity index (χ4v) is 2.96. The van der Waals surface area contributed by atoms with Crippen LogP contribution in [0.25, 0.3) is 0 Å². The molecule has 0 amide bonds. The molecule has 0 aromatic rings. The number of nitrogens with one attached hydrogen (secondary N) is 1. The molecule has 2 saturated heterocycles. The van der Waals surface area contributed by atoms with E-state index < -0.39 is 0 Å². The van der Waals surface area contributed by atoms with E-state index in [2.05, 4.69) is 29.0 Å². The maximum Gasteiger partial charge on any atom is 0.0107 e. The second-order valence-electron chi connectivity index (χ2n) is 6.19. The van der Waals surface area contributed by atoms with Gasteiger partial charge in [-0.25, -0.2) is 0 Å². The molecular formula is C14H29N3. The maximum absolute atomic E-state index is 3.43. The van der Waals surface area contributed by atoms with Crippen molar-refractivity contribution in [3.05, 3.63) is 0 Å². The number of nitrogens with zero attached hydrogens (tertiary/aromatic N) is 2. The van der Waals surface area contributed by atoms with Gasteiger partial charge in [-0.3, -0.25) is 0 Å². The van der Waals surface area contributed by atoms with Crippen molar-refractivity contribution < 1.29 is 0 Å². The third-order valence-corrected chi connectivity index (χ3v) is 4.12. The Kier molecular flexibility index (Phi) is 5.26. The van der Waals surface area contributed by atoms with E-state index in [0.29, 0.717) is 0 Å². The standard InChI is InChI=1S/C14H29N3/c1-13(2)3-7-16-8-4-14(11-16)12-17-9-5-15-6-10-17/h13-15H,3-12H2,1-2H3/t14-/m1/s1. The summed E-state index contributed by atoms with van der Waals surface area (Å²) in [6, 6.07) is 0. The van der Waals surface area contributed by atoms with Gasteiger partial charge in [0.2, 0.25) is 0 Å². The normalized spacial score (nSPS) is 28.1. The van der Waals surface area contributed by atoms with Crippen molar-refractivity contribution in [3.63, 3.8) is 0 Å². The summed E-state index contributed by atoms with van der Waals surface area (Å²) in [6.07, 6.45) is 2.78. The quantitative estimate of drug-likeness (QED) is 0.779. The molecule has 0 bridgehead atoms. The summed E-state index contributed by atoms with van der Waals surface area (Å²) in [5, 5.41) is 3.43. The van der Waals surface area contributed by atoms with Crippen LogP contribution in [0.15, 0.2) is 0 Å². The van der Waals surface area contributed by atoms with E-state index in [1.165, 1.54) is 65.2 Å². The van der Waals surface area contributed by atoms with Gasteiger partial charge < -0.3 is 15.1 Å². The van der Waals surface area contributed by atoms with Crippen molar-refractivity contribution in [1.29, 1.82) is 0 Å². The van der Waals surface area contributed by atoms with Gasteiger partial charge in [0.1, 0.15) is 0 Å². The minimum atomic E-state index is 0.849. The van der Waals surface area contributed by atoms with Crippen LogP contribution in [0.5, 0.6) is 0 Å². The predicted molar refractivity (Wildman–Crippen MR) is 73.3 cm³/mol. The van der Waals surface area contributed by atoms with Crippen LogP contribution in [0.4, 0.5) is 0 Å². The summed E-state index contributed by atoms with van der Waals surface area (Å²) in [6.45, 7) is 14.9. The molecule has 0 radical (unpaired) electrons. The summed E-state index contributed by atoms with van der Waals surface area (Å²) in [4.78, 5) is 5.32. The number of hydrogen-bond donors (Lipinski definition) is 1. The van der Waals surface area contributed by atoms with Crippen LogP contribution in [0.1, 0.15) is 26.7 Å². The summed E-state index contributed by atoms with van der Waals surface area (Å²) >= 11 is 0. The Labute approximate surface area is 107 Å². The molecule has 3 nitrogen and oxygen atoms in total. The largest absolute Gasteiger partial charge is 0.314 e. The van der Waals surface area contributed by atoms with Gasteiger partial charge in [-0.1, -0.05) is 13.8 Å². The highest BCUT2D eigenvalue weighted by atomic mass is 15.2. The number of piperazine rings is 1. The van der Waals surface area contributed by atoms with Crippen LogP contribution in [-0.4, -0.2) is 62.2 Å². The van der Waals surface area contributed by atoms with Crippen molar-refractivity contribution >= 4 is 0 Å². The van der Waals surface area contributed by atoms with Gasteiger partial charge in [-0.05, 0) is 37.8 Å². The Balaban J connectivity index is 1.63. The van der Waals surface area contributed by atoms with Gasteiger partial charge >= 0.3 is 0 Å². The highest BCUT2D eigenvalue weighted by Gasteiger charge is 2.24. The fraction of sp³-hybridized carbons (Fsp3) is 1.00. The van der Waals surface area contributed by atoms with E-state index in [0.717, 1.165) is 11.8 Å². The average Bonchev–Trinajstić information content (AvgIpc) is 2.75. The Bertz CT molecular complexity index is 212. The van der Waals surface area contributed by atoms with Gasteiger partial charge in [0, 0.05) is 39.3 Å². The number of rotatable bonds is 5. The van der Waals surface area contributed by atoms with Gasteiger partial charge in [-0.2, -0.15) is 0 Å². The first-order valence-corrected chi connectivity index (χ1v) is 7.39. The third-order valence-electron chi connectivity index (χ3n) is 4.12. The predicted octanol–water partition coefficient (Wildman–Crippen LogP) is 1.26. The highest BCUT2D eigenvalue weighted by molar-refractivity contribution is 4.80. The monoisotopic (exact) mass is 239 g/mol. The van der Waals surface area contributed by atoms with Crippen LogP contribution >= 0.6 is 0 Å². The number of hydrogen-bond acceptors (Lipinski definition) is 3. The molecule has 3 heteroatoms. The molecule has 0 aromatic heterocycles. The van der Waals surface area contributed by atoms with Crippen molar-refractivity contribution in [2.45, 2.75) is 26.7 Å². The lowest BCUT2D eigenvalue weighted by atomic mass is 10.1. The zero-order valence-corrected chi connectivity index (χ0v) is 11.6. The SMILES string of the molecule is CC(C)CCN1CC[C@@H](CN2CCNCC2)C1. The molecule has 2 heterocycles. The molecule has 2 fully saturated rings. The van der Waals surface area contributed by atoms with E-state index >= 15 is 0 Å². The summed E-state index contributed by atoms with van der Waals surface area (Å²) in [7, 11) is 0. The minimum Gasteiger partial charge on any atom is -0.314 e. The van der Waals surface area contributed by atoms with Gasteiger partial charge in [0.05, 0.1) is 0 Å². The van der Waals surface area contributed by atoms with Gasteiger partial charge in [0.15, 0.2) is 0 Å². The molecular weight excluding hydrogens is 210 g/mol. The Morgan fingerprint density at radius 2 is 1.88 bits per heavy atom. The van der Waals surface area contributed by atoms with Gasteiger partial charge in [-0.15, -0.1) is 0 Å². The lowest BCUT2D eigenvalue weighted by molar-refractivity contribution is 0.202. The van der Waals surface area contributed by atoms with Crippen molar-refractivity contribution in [3.8, 4) is 0 Å². The van der Waals surface area contributed by atoms with E-state index in [4.69, 9.17) is 0 Å². The fourth-order valence-electron chi connectivity index (χ4n) is 2.96. The Hall–Kier alpha value is -0.120. The van der Waals surface area contributed by atoms with E-state index in [9.17, 15) is 0 Å². The summed E-state index contributed by atoms with van der Waals surface area (Å²) in [5.41, 5.74) is 0. The van der Waals surface area contributed by atoms with E-state index in [1.54, 1.807) is 0 Å². The van der Waals surface area contributed by atoms with Crippen LogP contribution in [0, 0.1) is 11.8 Å². The first-order valence-electron chi connectivity index (χ1n) is 7.39. The molecule has 100 valence electrons. The molecule has 0 unspecified atom stereocenters. The van der Waals surface area contributed by atoms with Gasteiger partial charge in [0.25, 0.3) is 0 Å². The smallest absolute Gasteiger partial charge is 0.0107 e. The third kappa shape index (κ3) is 4.57. The van der Waals surface area contributed by atoms with Crippen LogP contribution in [-0.2, 0) is 0 Å². The molecule has 1 atom stereocenters. The molecule has 2 aliphatic heterocycles. The summed E-state index contributed by atoms with van der Waals surface area (Å²) in [5.74, 6) is 1.78.